The van der Waals surface area contributed by atoms with Gasteiger partial charge in [0, 0.05) is 53.5 Å². The summed E-state index contributed by atoms with van der Waals surface area (Å²) in [7, 11) is 1.53. The van der Waals surface area contributed by atoms with Crippen LogP contribution in [0.1, 0.15) is 58.8 Å². The maximum absolute atomic E-state index is 13.6. The predicted octanol–water partition coefficient (Wildman–Crippen LogP) is 4.15. The molecule has 4 heterocycles. The van der Waals surface area contributed by atoms with Gasteiger partial charge in [-0.05, 0) is 64.8 Å². The van der Waals surface area contributed by atoms with Gasteiger partial charge >= 0.3 is 0 Å². The standard InChI is InChI=1S/C30H36N6O3/c1-19-15-27(39-4)25(29(37)34-19)17-33-30(38)28-21(3)36(26-8-6-5-7-24(26)28)20(2)22-9-13-35(14-10-22)18-23-16-31-11-12-32-23/h5-8,11-12,15-16,20,22H,9-10,13-14,17-18H2,1-4H3,(H,33,38)(H,34,37). The molecule has 39 heavy (non-hydrogen) atoms. The molecule has 1 fully saturated rings. The van der Waals surface area contributed by atoms with Crippen molar-refractivity contribution in [1.82, 2.24) is 29.7 Å². The Morgan fingerprint density at radius 1 is 1.21 bits per heavy atom. The van der Waals surface area contributed by atoms with Crippen LogP contribution in [0.5, 0.6) is 5.75 Å². The quantitative estimate of drug-likeness (QED) is 0.356. The first kappa shape index (κ1) is 26.6. The van der Waals surface area contributed by atoms with Gasteiger partial charge in [-0.2, -0.15) is 0 Å². The molecule has 1 aliphatic heterocycles. The zero-order valence-corrected chi connectivity index (χ0v) is 23.0. The van der Waals surface area contributed by atoms with Crippen LogP contribution in [0, 0.1) is 19.8 Å². The van der Waals surface area contributed by atoms with E-state index in [1.807, 2.05) is 31.3 Å². The molecule has 9 heteroatoms. The summed E-state index contributed by atoms with van der Waals surface area (Å²) >= 11 is 0. The van der Waals surface area contributed by atoms with Gasteiger partial charge < -0.3 is 19.6 Å². The van der Waals surface area contributed by atoms with Crippen molar-refractivity contribution in [2.45, 2.75) is 52.7 Å². The Kier molecular flexibility index (Phi) is 7.79. The van der Waals surface area contributed by atoms with Crippen LogP contribution in [0.25, 0.3) is 10.9 Å². The second-order valence-corrected chi connectivity index (χ2v) is 10.4. The van der Waals surface area contributed by atoms with Gasteiger partial charge in [0.1, 0.15) is 5.75 Å². The van der Waals surface area contributed by atoms with Crippen LogP contribution < -0.4 is 15.6 Å². The fourth-order valence-corrected chi connectivity index (χ4v) is 5.94. The van der Waals surface area contributed by atoms with Gasteiger partial charge in [-0.3, -0.25) is 24.5 Å². The molecule has 1 atom stereocenters. The highest BCUT2D eigenvalue weighted by atomic mass is 16.5. The lowest BCUT2D eigenvalue weighted by Crippen LogP contribution is -2.36. The van der Waals surface area contributed by atoms with Gasteiger partial charge in [-0.15, -0.1) is 0 Å². The number of pyridine rings is 1. The molecule has 0 aliphatic carbocycles. The smallest absolute Gasteiger partial charge is 0.256 e. The summed E-state index contributed by atoms with van der Waals surface area (Å²) in [5, 5.41) is 3.89. The molecule has 3 aromatic heterocycles. The number of methoxy groups -OCH3 is 1. The average Bonchev–Trinajstić information content (AvgIpc) is 3.24. The lowest BCUT2D eigenvalue weighted by atomic mass is 9.90. The molecule has 1 amide bonds. The summed E-state index contributed by atoms with van der Waals surface area (Å²) < 4.78 is 7.72. The summed E-state index contributed by atoms with van der Waals surface area (Å²) in [6.45, 7) is 8.99. The number of amides is 1. The van der Waals surface area contributed by atoms with Crippen molar-refractivity contribution in [3.05, 3.63) is 87.5 Å². The van der Waals surface area contributed by atoms with Crippen molar-refractivity contribution in [3.8, 4) is 5.75 Å². The van der Waals surface area contributed by atoms with E-state index in [0.29, 0.717) is 28.5 Å². The van der Waals surface area contributed by atoms with E-state index in [1.165, 1.54) is 7.11 Å². The van der Waals surface area contributed by atoms with E-state index in [2.05, 4.69) is 42.7 Å². The lowest BCUT2D eigenvalue weighted by molar-refractivity contribution is 0.0951. The second-order valence-electron chi connectivity index (χ2n) is 10.4. The molecule has 1 aliphatic rings. The number of aryl methyl sites for hydroxylation is 1. The topological polar surface area (TPSA) is 105 Å². The normalized spacial score (nSPS) is 15.4. The molecule has 0 bridgehead atoms. The number of aromatic amines is 1. The highest BCUT2D eigenvalue weighted by Gasteiger charge is 2.29. The molecule has 204 valence electrons. The van der Waals surface area contributed by atoms with E-state index >= 15 is 0 Å². The number of aromatic nitrogens is 4. The molecular formula is C30H36N6O3. The first-order valence-electron chi connectivity index (χ1n) is 13.5. The molecule has 5 rings (SSSR count). The number of piperidine rings is 1. The zero-order valence-electron chi connectivity index (χ0n) is 23.0. The number of likely N-dealkylation sites (tertiary alicyclic amines) is 1. The molecule has 2 N–H and O–H groups in total. The van der Waals surface area contributed by atoms with Crippen LogP contribution in [0.3, 0.4) is 0 Å². The van der Waals surface area contributed by atoms with E-state index in [1.54, 1.807) is 25.4 Å². The van der Waals surface area contributed by atoms with Crippen LogP contribution in [0.2, 0.25) is 0 Å². The van der Waals surface area contributed by atoms with Gasteiger partial charge in [-0.1, -0.05) is 18.2 Å². The Morgan fingerprint density at radius 2 is 1.97 bits per heavy atom. The number of carbonyl (C=O) groups is 1. The second kappa shape index (κ2) is 11.4. The summed E-state index contributed by atoms with van der Waals surface area (Å²) in [5.74, 6) is 0.759. The molecule has 1 aromatic carbocycles. The van der Waals surface area contributed by atoms with E-state index in [-0.39, 0.29) is 24.1 Å². The molecule has 9 nitrogen and oxygen atoms in total. The van der Waals surface area contributed by atoms with Crippen molar-refractivity contribution in [2.24, 2.45) is 5.92 Å². The van der Waals surface area contributed by atoms with Crippen LogP contribution in [0.4, 0.5) is 0 Å². The van der Waals surface area contributed by atoms with E-state index < -0.39 is 0 Å². The van der Waals surface area contributed by atoms with Crippen LogP contribution in [-0.2, 0) is 13.1 Å². The van der Waals surface area contributed by atoms with Gasteiger partial charge in [0.25, 0.3) is 11.5 Å². The molecule has 0 radical (unpaired) electrons. The molecule has 0 spiro atoms. The molecular weight excluding hydrogens is 492 g/mol. The number of hydrogen-bond donors (Lipinski definition) is 2. The lowest BCUT2D eigenvalue weighted by Gasteiger charge is -2.36. The average molecular weight is 529 g/mol. The highest BCUT2D eigenvalue weighted by Crippen LogP contribution is 2.36. The first-order valence-corrected chi connectivity index (χ1v) is 13.5. The number of carbonyl (C=O) groups excluding carboxylic acids is 1. The third kappa shape index (κ3) is 5.45. The monoisotopic (exact) mass is 528 g/mol. The number of nitrogens with zero attached hydrogens (tertiary/aromatic N) is 4. The van der Waals surface area contributed by atoms with Gasteiger partial charge in [0.2, 0.25) is 0 Å². The van der Waals surface area contributed by atoms with Crippen molar-refractivity contribution < 1.29 is 9.53 Å². The summed E-state index contributed by atoms with van der Waals surface area (Å²) in [6, 6.07) is 10.1. The maximum atomic E-state index is 13.6. The van der Waals surface area contributed by atoms with Crippen molar-refractivity contribution in [3.63, 3.8) is 0 Å². The number of rotatable bonds is 8. The van der Waals surface area contributed by atoms with Crippen LogP contribution in [0.15, 0.2) is 53.7 Å². The van der Waals surface area contributed by atoms with E-state index in [4.69, 9.17) is 4.74 Å². The summed E-state index contributed by atoms with van der Waals surface area (Å²) in [4.78, 5) is 39.9. The van der Waals surface area contributed by atoms with Gasteiger partial charge in [0.15, 0.2) is 0 Å². The van der Waals surface area contributed by atoms with E-state index in [9.17, 15) is 9.59 Å². The fourth-order valence-electron chi connectivity index (χ4n) is 5.94. The Balaban J connectivity index is 1.35. The zero-order chi connectivity index (χ0) is 27.5. The third-order valence-corrected chi connectivity index (χ3v) is 7.98. The number of para-hydroxylation sites is 1. The predicted molar refractivity (Wildman–Crippen MR) is 151 cm³/mol. The van der Waals surface area contributed by atoms with Crippen LogP contribution >= 0.6 is 0 Å². The number of benzene rings is 1. The highest BCUT2D eigenvalue weighted by molar-refractivity contribution is 6.08. The Bertz CT molecular complexity index is 1520. The van der Waals surface area contributed by atoms with Crippen LogP contribution in [-0.4, -0.2) is 50.5 Å². The Hall–Kier alpha value is -3.98. The largest absolute Gasteiger partial charge is 0.496 e. The molecule has 1 unspecified atom stereocenters. The Labute approximate surface area is 228 Å². The number of nitrogens with one attached hydrogen (secondary N) is 2. The molecule has 1 saturated heterocycles. The third-order valence-electron chi connectivity index (χ3n) is 7.98. The van der Waals surface area contributed by atoms with Gasteiger partial charge in [0.05, 0.1) is 30.5 Å². The van der Waals surface area contributed by atoms with Crippen molar-refractivity contribution in [1.29, 1.82) is 0 Å². The van der Waals surface area contributed by atoms with Gasteiger partial charge in [-0.25, -0.2) is 0 Å². The number of ether oxygens (including phenoxy) is 1. The SMILES string of the molecule is COc1cc(C)[nH]c(=O)c1CNC(=O)c1c(C)n(C(C)C2CCN(Cc3cnccn3)CC2)c2ccccc12. The Morgan fingerprint density at radius 3 is 2.69 bits per heavy atom. The fraction of sp³-hybridized carbons (Fsp3) is 0.400. The number of H-pyrrole nitrogens is 1. The minimum absolute atomic E-state index is 0.0797. The number of fused-ring (bicyclic) bond motifs is 1. The number of hydrogen-bond acceptors (Lipinski definition) is 6. The summed E-state index contributed by atoms with van der Waals surface area (Å²) in [5.41, 5.74) is 4.50. The first-order chi connectivity index (χ1) is 18.9. The maximum Gasteiger partial charge on any atom is 0.256 e. The molecule has 4 aromatic rings. The minimum atomic E-state index is -0.259. The minimum Gasteiger partial charge on any atom is -0.496 e. The van der Waals surface area contributed by atoms with E-state index in [0.717, 1.165) is 54.8 Å². The van der Waals surface area contributed by atoms with Crippen molar-refractivity contribution in [2.75, 3.05) is 20.2 Å². The van der Waals surface area contributed by atoms with Crippen molar-refractivity contribution >= 4 is 16.8 Å². The summed E-state index contributed by atoms with van der Waals surface area (Å²) in [6.07, 6.45) is 7.43. The molecule has 0 saturated carbocycles.